The van der Waals surface area contributed by atoms with Crippen LogP contribution in [0.25, 0.3) is 4.85 Å². The van der Waals surface area contributed by atoms with Gasteiger partial charge < -0.3 is 9.74 Å². The van der Waals surface area contributed by atoms with E-state index in [0.29, 0.717) is 13.1 Å². The molecule has 0 fully saturated rings. The molecule has 0 heterocycles. The lowest BCUT2D eigenvalue weighted by Crippen LogP contribution is -2.31. The van der Waals surface area contributed by atoms with E-state index in [2.05, 4.69) is 4.85 Å². The molecule has 0 aliphatic carbocycles. The fourth-order valence-corrected chi connectivity index (χ4v) is 1.35. The normalized spacial score (nSPS) is 9.33. The summed E-state index contributed by atoms with van der Waals surface area (Å²) >= 11 is 0. The minimum absolute atomic E-state index is 0.0549. The molecule has 3 nitrogen and oxygen atoms in total. The molecule has 15 heavy (non-hydrogen) atoms. The van der Waals surface area contributed by atoms with E-state index in [0.717, 1.165) is 5.56 Å². The number of benzene rings is 1. The third-order valence-electron chi connectivity index (χ3n) is 2.17. The Bertz CT molecular complexity index is 354. The average molecular weight is 202 g/mol. The van der Waals surface area contributed by atoms with Crippen LogP contribution in [0.2, 0.25) is 0 Å². The van der Waals surface area contributed by atoms with Crippen molar-refractivity contribution >= 4 is 5.91 Å². The van der Waals surface area contributed by atoms with Crippen molar-refractivity contribution in [1.29, 1.82) is 0 Å². The summed E-state index contributed by atoms with van der Waals surface area (Å²) in [5.74, 6) is -0.101. The molecule has 0 aliphatic rings. The molecule has 0 N–H and O–H groups in total. The number of amides is 1. The number of carbonyl (C=O) groups is 1. The summed E-state index contributed by atoms with van der Waals surface area (Å²) in [6, 6.07) is 9.80. The summed E-state index contributed by atoms with van der Waals surface area (Å²) in [5, 5.41) is 0. The molecule has 0 saturated carbocycles. The molecule has 1 aromatic rings. The summed E-state index contributed by atoms with van der Waals surface area (Å²) < 4.78 is 0. The van der Waals surface area contributed by atoms with Crippen molar-refractivity contribution in [2.45, 2.75) is 13.5 Å². The number of hydrogen-bond acceptors (Lipinski definition) is 1. The maximum Gasteiger partial charge on any atom is 0.303 e. The van der Waals surface area contributed by atoms with Crippen LogP contribution >= 0.6 is 0 Å². The van der Waals surface area contributed by atoms with Crippen LogP contribution in [0.3, 0.4) is 0 Å². The number of rotatable bonds is 4. The Balaban J connectivity index is 2.62. The largest absolute Gasteiger partial charge is 0.332 e. The van der Waals surface area contributed by atoms with Gasteiger partial charge in [-0.05, 0) is 12.5 Å². The predicted molar refractivity (Wildman–Crippen MR) is 59.0 cm³/mol. The van der Waals surface area contributed by atoms with Crippen molar-refractivity contribution in [3.63, 3.8) is 0 Å². The molecule has 1 rings (SSSR count). The van der Waals surface area contributed by atoms with Gasteiger partial charge in [-0.3, -0.25) is 4.79 Å². The second kappa shape index (κ2) is 5.82. The third kappa shape index (κ3) is 3.43. The first-order valence-corrected chi connectivity index (χ1v) is 4.92. The van der Waals surface area contributed by atoms with Crippen molar-refractivity contribution in [3.05, 3.63) is 47.3 Å². The van der Waals surface area contributed by atoms with E-state index in [9.17, 15) is 4.79 Å². The second-order valence-electron chi connectivity index (χ2n) is 3.21. The number of nitrogens with zero attached hydrogens (tertiary/aromatic N) is 2. The van der Waals surface area contributed by atoms with E-state index in [1.54, 1.807) is 4.90 Å². The van der Waals surface area contributed by atoms with Gasteiger partial charge in [-0.15, -0.1) is 0 Å². The van der Waals surface area contributed by atoms with Gasteiger partial charge in [-0.1, -0.05) is 30.3 Å². The summed E-state index contributed by atoms with van der Waals surface area (Å²) in [4.78, 5) is 16.3. The first-order valence-electron chi connectivity index (χ1n) is 4.92. The highest BCUT2D eigenvalue weighted by molar-refractivity contribution is 5.79. The summed E-state index contributed by atoms with van der Waals surface area (Å²) in [5.41, 5.74) is 1.10. The maximum atomic E-state index is 11.5. The number of carbonyl (C=O) groups excluding carboxylic acids is 1. The SMILES string of the molecule is [C-]#[N+]CC(=O)N(CC)Cc1ccccc1. The highest BCUT2D eigenvalue weighted by Crippen LogP contribution is 2.04. The second-order valence-corrected chi connectivity index (χ2v) is 3.21. The van der Waals surface area contributed by atoms with Crippen molar-refractivity contribution in [1.82, 2.24) is 4.90 Å². The van der Waals surface area contributed by atoms with Crippen LogP contribution in [-0.4, -0.2) is 23.9 Å². The van der Waals surface area contributed by atoms with Gasteiger partial charge in [0.2, 0.25) is 0 Å². The van der Waals surface area contributed by atoms with Gasteiger partial charge in [0, 0.05) is 13.1 Å². The zero-order valence-electron chi connectivity index (χ0n) is 8.81. The van der Waals surface area contributed by atoms with Crippen LogP contribution in [0.5, 0.6) is 0 Å². The zero-order chi connectivity index (χ0) is 11.1. The minimum Gasteiger partial charge on any atom is -0.332 e. The first kappa shape index (κ1) is 11.3. The van der Waals surface area contributed by atoms with Gasteiger partial charge in [0.15, 0.2) is 0 Å². The van der Waals surface area contributed by atoms with Crippen molar-refractivity contribution in [2.75, 3.05) is 13.1 Å². The molecule has 0 atom stereocenters. The van der Waals surface area contributed by atoms with Crippen molar-refractivity contribution in [2.24, 2.45) is 0 Å². The molecule has 3 heteroatoms. The number of likely N-dealkylation sites (N-methyl/N-ethyl adjacent to an activating group) is 1. The zero-order valence-corrected chi connectivity index (χ0v) is 8.81. The molecule has 0 aromatic heterocycles. The Morgan fingerprint density at radius 1 is 1.40 bits per heavy atom. The van der Waals surface area contributed by atoms with Crippen LogP contribution in [0.15, 0.2) is 30.3 Å². The van der Waals surface area contributed by atoms with Gasteiger partial charge in [0.05, 0.1) is 0 Å². The molecule has 0 bridgehead atoms. The van der Waals surface area contributed by atoms with Crippen LogP contribution in [-0.2, 0) is 11.3 Å². The minimum atomic E-state index is -0.101. The fraction of sp³-hybridized carbons (Fsp3) is 0.333. The molecular formula is C12H14N2O. The van der Waals surface area contributed by atoms with E-state index < -0.39 is 0 Å². The molecule has 78 valence electrons. The monoisotopic (exact) mass is 202 g/mol. The fourth-order valence-electron chi connectivity index (χ4n) is 1.35. The Morgan fingerprint density at radius 3 is 2.60 bits per heavy atom. The van der Waals surface area contributed by atoms with E-state index >= 15 is 0 Å². The number of hydrogen-bond donors (Lipinski definition) is 0. The summed E-state index contributed by atoms with van der Waals surface area (Å²) in [7, 11) is 0. The van der Waals surface area contributed by atoms with Crippen molar-refractivity contribution in [3.8, 4) is 0 Å². The van der Waals surface area contributed by atoms with E-state index in [-0.39, 0.29) is 12.5 Å². The van der Waals surface area contributed by atoms with E-state index in [4.69, 9.17) is 6.57 Å². The molecule has 1 amide bonds. The van der Waals surface area contributed by atoms with Gasteiger partial charge in [-0.2, -0.15) is 0 Å². The van der Waals surface area contributed by atoms with Gasteiger partial charge >= 0.3 is 5.91 Å². The topological polar surface area (TPSA) is 24.7 Å². The van der Waals surface area contributed by atoms with Crippen LogP contribution in [0, 0.1) is 6.57 Å². The lowest BCUT2D eigenvalue weighted by molar-refractivity contribution is -0.129. The Kier molecular flexibility index (Phi) is 4.36. The molecule has 0 radical (unpaired) electrons. The highest BCUT2D eigenvalue weighted by atomic mass is 16.2. The van der Waals surface area contributed by atoms with Crippen LogP contribution in [0.1, 0.15) is 12.5 Å². The lowest BCUT2D eigenvalue weighted by Gasteiger charge is -2.18. The Hall–Kier alpha value is -1.82. The Labute approximate surface area is 90.1 Å². The molecule has 0 unspecified atom stereocenters. The van der Waals surface area contributed by atoms with Crippen LogP contribution in [0.4, 0.5) is 0 Å². The van der Waals surface area contributed by atoms with E-state index in [1.165, 1.54) is 0 Å². The highest BCUT2D eigenvalue weighted by Gasteiger charge is 2.13. The standard InChI is InChI=1S/C12H14N2O/c1-3-14(12(15)9-13-2)10-11-7-5-4-6-8-11/h4-8H,3,9-10H2,1H3. The Morgan fingerprint density at radius 2 is 2.07 bits per heavy atom. The quantitative estimate of drug-likeness (QED) is 0.685. The van der Waals surface area contributed by atoms with Crippen molar-refractivity contribution < 1.29 is 4.79 Å². The average Bonchev–Trinajstić information content (AvgIpc) is 2.27. The summed E-state index contributed by atoms with van der Waals surface area (Å²) in [6.45, 7) is 9.76. The summed E-state index contributed by atoms with van der Waals surface area (Å²) in [6.07, 6.45) is 0. The molecular weight excluding hydrogens is 188 g/mol. The predicted octanol–water partition coefficient (Wildman–Crippen LogP) is 1.95. The molecule has 0 saturated heterocycles. The van der Waals surface area contributed by atoms with Gasteiger partial charge in [0.1, 0.15) is 0 Å². The van der Waals surface area contributed by atoms with E-state index in [1.807, 2.05) is 37.3 Å². The molecule has 0 spiro atoms. The third-order valence-corrected chi connectivity index (χ3v) is 2.17. The first-order chi connectivity index (χ1) is 7.27. The van der Waals surface area contributed by atoms with Gasteiger partial charge in [-0.25, -0.2) is 6.57 Å². The van der Waals surface area contributed by atoms with Gasteiger partial charge in [0.25, 0.3) is 6.54 Å². The molecule has 0 aliphatic heterocycles. The lowest BCUT2D eigenvalue weighted by atomic mass is 10.2. The molecule has 1 aromatic carbocycles. The smallest absolute Gasteiger partial charge is 0.303 e. The maximum absolute atomic E-state index is 11.5. The van der Waals surface area contributed by atoms with Crippen LogP contribution < -0.4 is 0 Å².